The van der Waals surface area contributed by atoms with Gasteiger partial charge in [0.15, 0.2) is 0 Å². The van der Waals surface area contributed by atoms with Crippen molar-refractivity contribution in [3.8, 4) is 5.75 Å². The van der Waals surface area contributed by atoms with E-state index in [2.05, 4.69) is 41.2 Å². The molecule has 0 spiro atoms. The second kappa shape index (κ2) is 5.84. The van der Waals surface area contributed by atoms with E-state index >= 15 is 0 Å². The van der Waals surface area contributed by atoms with Gasteiger partial charge in [0.25, 0.3) is 0 Å². The van der Waals surface area contributed by atoms with Crippen LogP contribution in [0.2, 0.25) is 0 Å². The predicted octanol–water partition coefficient (Wildman–Crippen LogP) is 3.61. The van der Waals surface area contributed by atoms with E-state index in [4.69, 9.17) is 4.74 Å². The summed E-state index contributed by atoms with van der Waals surface area (Å²) in [6.07, 6.45) is 0. The fraction of sp³-hybridized carbons (Fsp3) is 0.286. The molecule has 0 aliphatic carbocycles. The number of ether oxygens (including phenoxy) is 1. The SMILES string of the molecule is COc1ccc(CNC(C)c2ccsc2)cc1. The molecule has 0 bridgehead atoms. The first kappa shape index (κ1) is 12.1. The molecule has 1 atom stereocenters. The van der Waals surface area contributed by atoms with Crippen molar-refractivity contribution >= 4 is 11.3 Å². The van der Waals surface area contributed by atoms with E-state index in [0.29, 0.717) is 6.04 Å². The molecule has 0 saturated carbocycles. The minimum absolute atomic E-state index is 0.392. The largest absolute Gasteiger partial charge is 0.497 e. The Labute approximate surface area is 106 Å². The molecular formula is C14H17NOS. The van der Waals surface area contributed by atoms with E-state index in [-0.39, 0.29) is 0 Å². The van der Waals surface area contributed by atoms with Crippen LogP contribution in [0.4, 0.5) is 0 Å². The third kappa shape index (κ3) is 3.32. The summed E-state index contributed by atoms with van der Waals surface area (Å²) < 4.78 is 5.13. The number of nitrogens with one attached hydrogen (secondary N) is 1. The van der Waals surface area contributed by atoms with E-state index in [1.807, 2.05) is 12.1 Å². The predicted molar refractivity (Wildman–Crippen MR) is 72.6 cm³/mol. The van der Waals surface area contributed by atoms with E-state index in [1.165, 1.54) is 11.1 Å². The number of rotatable bonds is 5. The lowest BCUT2D eigenvalue weighted by Crippen LogP contribution is -2.17. The summed E-state index contributed by atoms with van der Waals surface area (Å²) >= 11 is 1.74. The van der Waals surface area contributed by atoms with Gasteiger partial charge in [-0.05, 0) is 47.0 Å². The van der Waals surface area contributed by atoms with Crippen LogP contribution in [-0.4, -0.2) is 7.11 Å². The Balaban J connectivity index is 1.89. The molecule has 1 N–H and O–H groups in total. The summed E-state index contributed by atoms with van der Waals surface area (Å²) in [6.45, 7) is 3.06. The van der Waals surface area contributed by atoms with Gasteiger partial charge in [0.1, 0.15) is 5.75 Å². The Morgan fingerprint density at radius 3 is 2.59 bits per heavy atom. The summed E-state index contributed by atoms with van der Waals surface area (Å²) in [5.74, 6) is 0.902. The van der Waals surface area contributed by atoms with Gasteiger partial charge in [0, 0.05) is 12.6 Å². The van der Waals surface area contributed by atoms with Crippen molar-refractivity contribution in [2.75, 3.05) is 7.11 Å². The monoisotopic (exact) mass is 247 g/mol. The number of benzene rings is 1. The highest BCUT2D eigenvalue weighted by Crippen LogP contribution is 2.17. The zero-order valence-electron chi connectivity index (χ0n) is 10.1. The maximum atomic E-state index is 5.13. The normalized spacial score (nSPS) is 12.4. The van der Waals surface area contributed by atoms with Crippen molar-refractivity contribution < 1.29 is 4.74 Å². The summed E-state index contributed by atoms with van der Waals surface area (Å²) in [6, 6.07) is 10.7. The minimum atomic E-state index is 0.392. The molecule has 0 fully saturated rings. The summed E-state index contributed by atoms with van der Waals surface area (Å²) in [5, 5.41) is 7.80. The van der Waals surface area contributed by atoms with Gasteiger partial charge in [-0.15, -0.1) is 0 Å². The van der Waals surface area contributed by atoms with E-state index in [1.54, 1.807) is 18.4 Å². The molecule has 1 unspecified atom stereocenters. The maximum Gasteiger partial charge on any atom is 0.118 e. The van der Waals surface area contributed by atoms with Gasteiger partial charge in [-0.1, -0.05) is 12.1 Å². The topological polar surface area (TPSA) is 21.3 Å². The molecule has 0 aliphatic rings. The molecule has 90 valence electrons. The molecule has 0 radical (unpaired) electrons. The summed E-state index contributed by atoms with van der Waals surface area (Å²) in [5.41, 5.74) is 2.62. The first-order chi connectivity index (χ1) is 8.29. The second-order valence-corrected chi connectivity index (χ2v) is 4.79. The van der Waals surface area contributed by atoms with Crippen LogP contribution in [0.25, 0.3) is 0 Å². The molecule has 0 amide bonds. The standard InChI is InChI=1S/C14H17NOS/c1-11(13-7-8-17-10-13)15-9-12-3-5-14(16-2)6-4-12/h3-8,10-11,15H,9H2,1-2H3. The zero-order valence-corrected chi connectivity index (χ0v) is 11.0. The molecule has 0 saturated heterocycles. The van der Waals surface area contributed by atoms with Crippen LogP contribution in [0.1, 0.15) is 24.1 Å². The van der Waals surface area contributed by atoms with Crippen LogP contribution < -0.4 is 10.1 Å². The number of hydrogen-bond donors (Lipinski definition) is 1. The Morgan fingerprint density at radius 1 is 1.24 bits per heavy atom. The Kier molecular flexibility index (Phi) is 4.18. The Hall–Kier alpha value is -1.32. The van der Waals surface area contributed by atoms with E-state index in [0.717, 1.165) is 12.3 Å². The number of methoxy groups -OCH3 is 1. The van der Waals surface area contributed by atoms with Gasteiger partial charge in [-0.2, -0.15) is 11.3 Å². The van der Waals surface area contributed by atoms with Gasteiger partial charge in [0.05, 0.1) is 7.11 Å². The lowest BCUT2D eigenvalue weighted by molar-refractivity contribution is 0.414. The number of thiophene rings is 1. The second-order valence-electron chi connectivity index (χ2n) is 4.01. The van der Waals surface area contributed by atoms with Crippen LogP contribution in [0.15, 0.2) is 41.1 Å². The van der Waals surface area contributed by atoms with Crippen LogP contribution in [0.3, 0.4) is 0 Å². The maximum absolute atomic E-state index is 5.13. The molecule has 1 heterocycles. The fourth-order valence-corrected chi connectivity index (χ4v) is 2.41. The average Bonchev–Trinajstić information content (AvgIpc) is 2.90. The van der Waals surface area contributed by atoms with Crippen molar-refractivity contribution in [3.05, 3.63) is 52.2 Å². The summed E-state index contributed by atoms with van der Waals surface area (Å²) in [7, 11) is 1.69. The molecule has 1 aromatic heterocycles. The Bertz CT molecular complexity index is 436. The highest BCUT2D eigenvalue weighted by atomic mass is 32.1. The van der Waals surface area contributed by atoms with Gasteiger partial charge in [0.2, 0.25) is 0 Å². The molecule has 2 rings (SSSR count). The van der Waals surface area contributed by atoms with Crippen molar-refractivity contribution in [2.45, 2.75) is 19.5 Å². The van der Waals surface area contributed by atoms with Crippen molar-refractivity contribution in [1.82, 2.24) is 5.32 Å². The van der Waals surface area contributed by atoms with Crippen LogP contribution in [0, 0.1) is 0 Å². The lowest BCUT2D eigenvalue weighted by Gasteiger charge is -2.12. The fourth-order valence-electron chi connectivity index (χ4n) is 1.65. The quantitative estimate of drug-likeness (QED) is 0.871. The molecule has 3 heteroatoms. The van der Waals surface area contributed by atoms with Crippen molar-refractivity contribution in [2.24, 2.45) is 0 Å². The van der Waals surface area contributed by atoms with Crippen LogP contribution in [-0.2, 0) is 6.54 Å². The molecule has 1 aromatic carbocycles. The first-order valence-electron chi connectivity index (χ1n) is 5.68. The van der Waals surface area contributed by atoms with Crippen LogP contribution >= 0.6 is 11.3 Å². The summed E-state index contributed by atoms with van der Waals surface area (Å²) in [4.78, 5) is 0. The lowest BCUT2D eigenvalue weighted by atomic mass is 10.1. The zero-order chi connectivity index (χ0) is 12.1. The molecule has 17 heavy (non-hydrogen) atoms. The van der Waals surface area contributed by atoms with Gasteiger partial charge in [-0.3, -0.25) is 0 Å². The van der Waals surface area contributed by atoms with Gasteiger partial charge < -0.3 is 10.1 Å². The first-order valence-corrected chi connectivity index (χ1v) is 6.62. The minimum Gasteiger partial charge on any atom is -0.497 e. The molecular weight excluding hydrogens is 230 g/mol. The Morgan fingerprint density at radius 2 is 2.00 bits per heavy atom. The van der Waals surface area contributed by atoms with Crippen LogP contribution in [0.5, 0.6) is 5.75 Å². The van der Waals surface area contributed by atoms with E-state index < -0.39 is 0 Å². The third-order valence-electron chi connectivity index (χ3n) is 2.81. The highest BCUT2D eigenvalue weighted by Gasteiger charge is 2.04. The van der Waals surface area contributed by atoms with Crippen molar-refractivity contribution in [1.29, 1.82) is 0 Å². The molecule has 2 nitrogen and oxygen atoms in total. The highest BCUT2D eigenvalue weighted by molar-refractivity contribution is 7.07. The molecule has 2 aromatic rings. The third-order valence-corrected chi connectivity index (χ3v) is 3.52. The average molecular weight is 247 g/mol. The van der Waals surface area contributed by atoms with Crippen molar-refractivity contribution in [3.63, 3.8) is 0 Å². The van der Waals surface area contributed by atoms with E-state index in [9.17, 15) is 0 Å². The smallest absolute Gasteiger partial charge is 0.118 e. The number of hydrogen-bond acceptors (Lipinski definition) is 3. The molecule has 0 aliphatic heterocycles. The van der Waals surface area contributed by atoms with Gasteiger partial charge >= 0.3 is 0 Å². The van der Waals surface area contributed by atoms with Gasteiger partial charge in [-0.25, -0.2) is 0 Å².